The van der Waals surface area contributed by atoms with Crippen molar-refractivity contribution >= 4 is 0 Å². The largest absolute Gasteiger partial charge is 0.0599 e. The van der Waals surface area contributed by atoms with E-state index in [9.17, 15) is 0 Å². The van der Waals surface area contributed by atoms with Crippen LogP contribution in [0.4, 0.5) is 0 Å². The van der Waals surface area contributed by atoms with E-state index in [0.717, 1.165) is 159 Å². The van der Waals surface area contributed by atoms with Crippen molar-refractivity contribution in [1.29, 1.82) is 0 Å². The predicted molar refractivity (Wildman–Crippen MR) is 493 cm³/mol. The molecular weight excluding hydrogens is 1350 g/mol. The summed E-state index contributed by atoms with van der Waals surface area (Å²) in [7, 11) is 0. The van der Waals surface area contributed by atoms with Crippen LogP contribution >= 0.6 is 0 Å². The number of rotatable bonds is 0. The molecule has 0 N–H and O–H groups in total. The number of hydrogen-bond donors (Lipinski definition) is 0. The van der Waals surface area contributed by atoms with E-state index in [4.69, 9.17) is 0 Å². The quantitative estimate of drug-likeness (QED) is 0.227. The van der Waals surface area contributed by atoms with Gasteiger partial charge in [0.1, 0.15) is 0 Å². The lowest BCUT2D eigenvalue weighted by Gasteiger charge is -2.68. The maximum Gasteiger partial charge on any atom is -0.0241 e. The molecule has 23 fully saturated rings. The molecule has 12 unspecified atom stereocenters. The molecule has 0 heteroatoms. The van der Waals surface area contributed by atoms with Crippen molar-refractivity contribution in [2.45, 2.75) is 502 Å². The van der Waals surface area contributed by atoms with Crippen LogP contribution in [0.2, 0.25) is 0 Å². The minimum atomic E-state index is 0.552. The average Bonchev–Trinajstić information content (AvgIpc) is 0.774. The lowest BCUT2D eigenvalue weighted by atomic mass is 9.37. The third-order valence-electron chi connectivity index (χ3n) is 39.5. The van der Waals surface area contributed by atoms with Gasteiger partial charge in [0, 0.05) is 0 Å². The first-order valence-corrected chi connectivity index (χ1v) is 52.0. The Morgan fingerprint density at radius 2 is 0.420 bits per heavy atom. The molecule has 0 saturated heterocycles. The zero-order chi connectivity index (χ0) is 81.6. The van der Waals surface area contributed by atoms with Crippen LogP contribution < -0.4 is 0 Å². The molecule has 23 aliphatic rings. The van der Waals surface area contributed by atoms with Crippen LogP contribution in [-0.4, -0.2) is 0 Å². The van der Waals surface area contributed by atoms with Gasteiger partial charge < -0.3 is 0 Å². The van der Waals surface area contributed by atoms with Gasteiger partial charge in [-0.3, -0.25) is 0 Å². The third-order valence-corrected chi connectivity index (χ3v) is 39.5. The second-order valence-electron chi connectivity index (χ2n) is 56.2. The molecule has 652 valence electrons. The van der Waals surface area contributed by atoms with Crippen molar-refractivity contribution < 1.29 is 0 Å². The zero-order valence-electron chi connectivity index (χ0n) is 81.6. The minimum absolute atomic E-state index is 0.552. The zero-order valence-corrected chi connectivity index (χ0v) is 81.6. The van der Waals surface area contributed by atoms with E-state index >= 15 is 0 Å². The third kappa shape index (κ3) is 24.1. The maximum absolute atomic E-state index is 2.49. The molecule has 0 aromatic heterocycles. The highest BCUT2D eigenvalue weighted by molar-refractivity contribution is 5.12. The fraction of sp³-hybridized carbons (Fsp3) is 1.00. The van der Waals surface area contributed by atoms with Gasteiger partial charge in [0.05, 0.1) is 0 Å². The van der Waals surface area contributed by atoms with Crippen LogP contribution in [-0.2, 0) is 0 Å². The molecule has 0 nitrogen and oxygen atoms in total. The van der Waals surface area contributed by atoms with Gasteiger partial charge in [-0.2, -0.15) is 0 Å². The Morgan fingerprint density at radius 3 is 0.750 bits per heavy atom. The highest BCUT2D eigenvalue weighted by Gasteiger charge is 2.62. The Kier molecular flexibility index (Phi) is 30.8. The molecule has 0 aromatic rings. The van der Waals surface area contributed by atoms with Crippen molar-refractivity contribution in [3.05, 3.63) is 0 Å². The van der Waals surface area contributed by atoms with Gasteiger partial charge >= 0.3 is 0 Å². The van der Waals surface area contributed by atoms with Crippen molar-refractivity contribution in [3.8, 4) is 0 Å². The smallest absolute Gasteiger partial charge is 0.0241 e. The molecule has 0 amide bonds. The second-order valence-corrected chi connectivity index (χ2v) is 56.2. The van der Waals surface area contributed by atoms with E-state index in [0.29, 0.717) is 48.7 Å². The van der Waals surface area contributed by atoms with Crippen LogP contribution in [0.15, 0.2) is 0 Å². The van der Waals surface area contributed by atoms with Gasteiger partial charge in [0.2, 0.25) is 0 Å². The van der Waals surface area contributed by atoms with Crippen molar-refractivity contribution in [1.82, 2.24) is 0 Å². The topological polar surface area (TPSA) is 0 Å². The summed E-state index contributed by atoms with van der Waals surface area (Å²) in [5.74, 6) is 26.9. The van der Waals surface area contributed by atoms with Gasteiger partial charge in [-0.05, 0) is 374 Å². The Labute approximate surface area is 704 Å². The van der Waals surface area contributed by atoms with Crippen LogP contribution in [0, 0.1) is 208 Å². The normalized spacial score (nSPS) is 42.6. The average molecular weight is 1550 g/mol. The molecule has 0 heterocycles. The summed E-state index contributed by atoms with van der Waals surface area (Å²) in [6.45, 7) is 65.8. The van der Waals surface area contributed by atoms with Crippen LogP contribution in [0.3, 0.4) is 0 Å². The number of hydrogen-bond acceptors (Lipinski definition) is 0. The first-order chi connectivity index (χ1) is 52.0. The Bertz CT molecular complexity index is 2660. The fourth-order valence-electron chi connectivity index (χ4n) is 33.0. The van der Waals surface area contributed by atoms with Crippen LogP contribution in [0.25, 0.3) is 0 Å². The molecule has 112 heavy (non-hydrogen) atoms. The fourth-order valence-corrected chi connectivity index (χ4v) is 33.0. The summed E-state index contributed by atoms with van der Waals surface area (Å²) < 4.78 is 0. The van der Waals surface area contributed by atoms with E-state index < -0.39 is 0 Å². The monoisotopic (exact) mass is 1550 g/mol. The highest BCUT2D eigenvalue weighted by atomic mass is 14.7. The van der Waals surface area contributed by atoms with Gasteiger partial charge in [-0.15, -0.1) is 0 Å². The Hall–Kier alpha value is 0. The molecule has 0 aromatic carbocycles. The molecule has 20 bridgehead atoms. The highest BCUT2D eigenvalue weighted by Crippen LogP contribution is 2.72. The first-order valence-electron chi connectivity index (χ1n) is 52.0. The van der Waals surface area contributed by atoms with E-state index in [1.807, 2.05) is 0 Å². The van der Waals surface area contributed by atoms with E-state index in [1.165, 1.54) is 257 Å². The molecule has 0 spiro atoms. The van der Waals surface area contributed by atoms with E-state index in [-0.39, 0.29) is 0 Å². The lowest BCUT2D eigenvalue weighted by molar-refractivity contribution is -0.181. The van der Waals surface area contributed by atoms with Crippen molar-refractivity contribution in [2.24, 2.45) is 208 Å². The molecule has 0 radical (unpaired) electrons. The van der Waals surface area contributed by atoms with Crippen molar-refractivity contribution in [2.75, 3.05) is 0 Å². The van der Waals surface area contributed by atoms with Gasteiger partial charge in [0.25, 0.3) is 0 Å². The van der Waals surface area contributed by atoms with E-state index in [1.54, 1.807) is 57.8 Å². The summed E-state index contributed by atoms with van der Waals surface area (Å²) in [4.78, 5) is 0. The molecule has 23 rings (SSSR count). The minimum Gasteiger partial charge on any atom is -0.0599 e. The summed E-state index contributed by atoms with van der Waals surface area (Å²) in [5, 5.41) is 0. The summed E-state index contributed by atoms with van der Waals surface area (Å²) in [5.41, 5.74) is 6.66. The standard InChI is InChI=1S/C14H24.2C14H26.2C13H24.2C12H22.C11H20.C9H16/c1-13(2,3)14-7-10-4-11(8-14)6-12(5-10)9-14;1-14(2,3)13-10-8-11-5-4-6-12(13)9-7-11;1-14(2,3)13-9-11-6-4-5-7-12(8-11)10-13;1-13(2,3)12-9-6-10-4-7-11(12)8-5-10;1-13(2,3)12-10-6-4-7-11(12)9-5-8-10;1-12(2,3)11-7-5-9-4-6-10(11)8-9;1-12(2,3)11-8-9-4-6-10(11)7-5-9;1-11(2,3)10-7-8-4-5-9(10)6-8;1-8(2,3)9-4-7(5-9)6-9/h10-12H,4-9H2,1-3H3;2*11-13H,4-10H2,1-3H3;2*10-12H,4-9H2,1-3H3;2*9-11H,4-8H2,1-3H3;8-10H,4-7H2,1-3H3;7H,4-6H2,1-3H3/t;;11-,12+,13?;;;;;;. The summed E-state index contributed by atoms with van der Waals surface area (Å²) >= 11 is 0. The van der Waals surface area contributed by atoms with Gasteiger partial charge in [0.15, 0.2) is 0 Å². The van der Waals surface area contributed by atoms with Gasteiger partial charge in [-0.25, -0.2) is 0 Å². The molecular formula is C112H204. The molecule has 23 saturated carbocycles. The Balaban J connectivity index is 0.000000125. The molecule has 14 atom stereocenters. The summed E-state index contributed by atoms with van der Waals surface area (Å²) in [6.07, 6.45) is 75.3. The first kappa shape index (κ1) is 92.7. The van der Waals surface area contributed by atoms with Crippen LogP contribution in [0.5, 0.6) is 0 Å². The summed E-state index contributed by atoms with van der Waals surface area (Å²) in [6, 6.07) is 0. The van der Waals surface area contributed by atoms with Crippen LogP contribution in [0.1, 0.15) is 502 Å². The SMILES string of the molecule is CC(C)(C)C12CC(C1)C2.CC(C)(C)C12CC3CC(CC(C3)C1)C2.CC(C)(C)C1C2CCCC1CCC2.CC(C)(C)C1CC2CCC1C2.CC(C)(C)C1CC2CCC1CC2.CC(C)(C)C1CCC2CCC1C2.CC(C)(C)C1CCC2CCC1CC2.CC(C)(C)C1CCC2CCCC1CC2.CC(C)(C)C1C[C@H]2CCCC[C@@H](C1)C2. The predicted octanol–water partition coefficient (Wildman–Crippen LogP) is 36.0. The molecule has 0 aliphatic heterocycles. The van der Waals surface area contributed by atoms with E-state index in [2.05, 4.69) is 187 Å². The maximum atomic E-state index is 2.49. The number of fused-ring (bicyclic) bond motifs is 18. The lowest BCUT2D eigenvalue weighted by Crippen LogP contribution is -2.58. The second kappa shape index (κ2) is 37.2. The van der Waals surface area contributed by atoms with Gasteiger partial charge in [-0.1, -0.05) is 335 Å². The molecule has 23 aliphatic carbocycles. The Morgan fingerprint density at radius 1 is 0.161 bits per heavy atom. The van der Waals surface area contributed by atoms with Crippen molar-refractivity contribution in [3.63, 3.8) is 0 Å².